The van der Waals surface area contributed by atoms with Crippen LogP contribution < -0.4 is 4.74 Å². The Morgan fingerprint density at radius 2 is 2.05 bits per heavy atom. The predicted molar refractivity (Wildman–Crippen MR) is 75.9 cm³/mol. The van der Waals surface area contributed by atoms with E-state index in [1.165, 1.54) is 6.92 Å². The van der Waals surface area contributed by atoms with Crippen LogP contribution in [0.1, 0.15) is 38.0 Å². The van der Waals surface area contributed by atoms with Crippen LogP contribution >= 0.6 is 0 Å². The molecule has 1 heterocycles. The Morgan fingerprint density at radius 3 is 2.67 bits per heavy atom. The molecular formula is C16H20O5. The summed E-state index contributed by atoms with van der Waals surface area (Å²) < 4.78 is 15.9. The predicted octanol–water partition coefficient (Wildman–Crippen LogP) is 2.56. The largest absolute Gasteiger partial charge is 0.463 e. The average Bonchev–Trinajstić information content (AvgIpc) is 3.15. The van der Waals surface area contributed by atoms with Crippen molar-refractivity contribution in [3.8, 4) is 5.75 Å². The first kappa shape index (κ1) is 15.5. The van der Waals surface area contributed by atoms with Crippen LogP contribution in [0.25, 0.3) is 0 Å². The van der Waals surface area contributed by atoms with Crippen molar-refractivity contribution in [3.63, 3.8) is 0 Å². The van der Waals surface area contributed by atoms with E-state index >= 15 is 0 Å². The van der Waals surface area contributed by atoms with Crippen LogP contribution in [0.5, 0.6) is 5.75 Å². The Morgan fingerprint density at radius 1 is 1.33 bits per heavy atom. The summed E-state index contributed by atoms with van der Waals surface area (Å²) in [6.07, 6.45) is -0.368. The van der Waals surface area contributed by atoms with E-state index in [-0.39, 0.29) is 36.7 Å². The molecule has 1 saturated heterocycles. The molecule has 114 valence electrons. The van der Waals surface area contributed by atoms with Crippen LogP contribution in [0.2, 0.25) is 0 Å². The second kappa shape index (κ2) is 6.26. The number of carbonyl (C=O) groups excluding carboxylic acids is 2. The molecule has 0 aliphatic carbocycles. The van der Waals surface area contributed by atoms with Gasteiger partial charge in [0.2, 0.25) is 0 Å². The summed E-state index contributed by atoms with van der Waals surface area (Å²) in [5, 5.41) is 0. The summed E-state index contributed by atoms with van der Waals surface area (Å²) in [7, 11) is 0. The summed E-state index contributed by atoms with van der Waals surface area (Å²) in [6, 6.07) is 5.64. The molecule has 0 bridgehead atoms. The Bertz CT molecular complexity index is 550. The number of rotatable bonds is 5. The summed E-state index contributed by atoms with van der Waals surface area (Å²) >= 11 is 0. The fourth-order valence-corrected chi connectivity index (χ4v) is 1.93. The number of hydrogen-bond acceptors (Lipinski definition) is 5. The van der Waals surface area contributed by atoms with E-state index in [4.69, 9.17) is 14.2 Å². The van der Waals surface area contributed by atoms with Gasteiger partial charge in [-0.2, -0.15) is 0 Å². The fourth-order valence-electron chi connectivity index (χ4n) is 1.93. The standard InChI is InChI=1S/C16H20O5/c1-9(2)16(18)21-13-7-10(3)5-6-12(13)15-14(20-15)8-19-11(4)17/h5-7,9,14-15H,8H2,1-4H3. The molecule has 5 nitrogen and oxygen atoms in total. The maximum atomic E-state index is 11.8. The van der Waals surface area contributed by atoms with Crippen LogP contribution in [0, 0.1) is 12.8 Å². The Labute approximate surface area is 124 Å². The van der Waals surface area contributed by atoms with E-state index in [0.717, 1.165) is 11.1 Å². The minimum absolute atomic E-state index is 0.173. The SMILES string of the molecule is CC(=O)OCC1OC1c1ccc(C)cc1OC(=O)C(C)C. The minimum atomic E-state index is -0.334. The zero-order valence-electron chi connectivity index (χ0n) is 12.7. The van der Waals surface area contributed by atoms with Crippen LogP contribution in [0.3, 0.4) is 0 Å². The molecule has 1 aliphatic rings. The second-order valence-electron chi connectivity index (χ2n) is 5.51. The topological polar surface area (TPSA) is 65.1 Å². The molecule has 2 atom stereocenters. The van der Waals surface area contributed by atoms with Gasteiger partial charge in [0.1, 0.15) is 24.6 Å². The van der Waals surface area contributed by atoms with Gasteiger partial charge in [0, 0.05) is 12.5 Å². The van der Waals surface area contributed by atoms with Gasteiger partial charge >= 0.3 is 11.9 Å². The lowest BCUT2D eigenvalue weighted by Crippen LogP contribution is -2.16. The highest BCUT2D eigenvalue weighted by Gasteiger charge is 2.43. The highest BCUT2D eigenvalue weighted by atomic mass is 16.6. The Balaban J connectivity index is 2.10. The lowest BCUT2D eigenvalue weighted by Gasteiger charge is -2.11. The molecule has 0 aromatic heterocycles. The number of epoxide rings is 1. The van der Waals surface area contributed by atoms with Crippen molar-refractivity contribution in [2.24, 2.45) is 5.92 Å². The minimum Gasteiger partial charge on any atom is -0.463 e. The summed E-state index contributed by atoms with van der Waals surface area (Å²) in [5.74, 6) is -0.294. The van der Waals surface area contributed by atoms with Crippen molar-refractivity contribution in [1.29, 1.82) is 0 Å². The maximum Gasteiger partial charge on any atom is 0.313 e. The molecule has 1 aromatic rings. The fraction of sp³-hybridized carbons (Fsp3) is 0.500. The quantitative estimate of drug-likeness (QED) is 0.474. The first-order valence-electron chi connectivity index (χ1n) is 6.99. The van der Waals surface area contributed by atoms with E-state index in [2.05, 4.69) is 0 Å². The number of carbonyl (C=O) groups is 2. The molecule has 1 aromatic carbocycles. The lowest BCUT2D eigenvalue weighted by atomic mass is 10.1. The van der Waals surface area contributed by atoms with Gasteiger partial charge in [-0.25, -0.2) is 0 Å². The highest BCUT2D eigenvalue weighted by molar-refractivity contribution is 5.75. The average molecular weight is 292 g/mol. The highest BCUT2D eigenvalue weighted by Crippen LogP contribution is 2.43. The molecule has 0 radical (unpaired) electrons. The molecule has 1 fully saturated rings. The first-order valence-corrected chi connectivity index (χ1v) is 6.99. The lowest BCUT2D eigenvalue weighted by molar-refractivity contribution is -0.141. The number of esters is 2. The third-order valence-corrected chi connectivity index (χ3v) is 3.19. The van der Waals surface area contributed by atoms with Crippen molar-refractivity contribution >= 4 is 11.9 Å². The molecule has 0 N–H and O–H groups in total. The van der Waals surface area contributed by atoms with Gasteiger partial charge in [-0.1, -0.05) is 26.0 Å². The molecule has 5 heteroatoms. The first-order chi connectivity index (χ1) is 9.88. The van der Waals surface area contributed by atoms with E-state index in [1.54, 1.807) is 13.8 Å². The number of ether oxygens (including phenoxy) is 3. The van der Waals surface area contributed by atoms with E-state index in [9.17, 15) is 9.59 Å². The van der Waals surface area contributed by atoms with Crippen LogP contribution in [0.15, 0.2) is 18.2 Å². The van der Waals surface area contributed by atoms with Gasteiger partial charge in [0.05, 0.1) is 5.92 Å². The number of benzene rings is 1. The zero-order chi connectivity index (χ0) is 15.6. The second-order valence-corrected chi connectivity index (χ2v) is 5.51. The Kier molecular flexibility index (Phi) is 4.63. The molecule has 1 aliphatic heterocycles. The normalized spacial score (nSPS) is 20.2. The monoisotopic (exact) mass is 292 g/mol. The molecule has 0 spiro atoms. The zero-order valence-corrected chi connectivity index (χ0v) is 12.7. The Hall–Kier alpha value is -1.88. The van der Waals surface area contributed by atoms with Crippen LogP contribution in [0.4, 0.5) is 0 Å². The van der Waals surface area contributed by atoms with E-state index in [0.29, 0.717) is 5.75 Å². The van der Waals surface area contributed by atoms with Crippen molar-refractivity contribution in [2.45, 2.75) is 39.9 Å². The van der Waals surface area contributed by atoms with Crippen molar-refractivity contribution in [2.75, 3.05) is 6.61 Å². The molecule has 0 saturated carbocycles. The van der Waals surface area contributed by atoms with Crippen molar-refractivity contribution < 1.29 is 23.8 Å². The summed E-state index contributed by atoms with van der Waals surface area (Å²) in [4.78, 5) is 22.6. The summed E-state index contributed by atoms with van der Waals surface area (Å²) in [6.45, 7) is 7.08. The molecule has 0 amide bonds. The van der Waals surface area contributed by atoms with E-state index < -0.39 is 0 Å². The van der Waals surface area contributed by atoms with E-state index in [1.807, 2.05) is 25.1 Å². The van der Waals surface area contributed by atoms with Gasteiger partial charge in [0.25, 0.3) is 0 Å². The maximum absolute atomic E-state index is 11.8. The van der Waals surface area contributed by atoms with Crippen molar-refractivity contribution in [1.82, 2.24) is 0 Å². The molecule has 2 rings (SSSR count). The smallest absolute Gasteiger partial charge is 0.313 e. The number of aryl methyl sites for hydroxylation is 1. The summed E-state index contributed by atoms with van der Waals surface area (Å²) in [5.41, 5.74) is 1.81. The molecule has 21 heavy (non-hydrogen) atoms. The van der Waals surface area contributed by atoms with Gasteiger partial charge in [-0.3, -0.25) is 9.59 Å². The van der Waals surface area contributed by atoms with Crippen LogP contribution in [-0.4, -0.2) is 24.6 Å². The van der Waals surface area contributed by atoms with Gasteiger partial charge < -0.3 is 14.2 Å². The molecule has 2 unspecified atom stereocenters. The third-order valence-electron chi connectivity index (χ3n) is 3.19. The van der Waals surface area contributed by atoms with Gasteiger partial charge in [-0.05, 0) is 18.6 Å². The van der Waals surface area contributed by atoms with Gasteiger partial charge in [0.15, 0.2) is 0 Å². The van der Waals surface area contributed by atoms with Crippen molar-refractivity contribution in [3.05, 3.63) is 29.3 Å². The number of hydrogen-bond donors (Lipinski definition) is 0. The van der Waals surface area contributed by atoms with Gasteiger partial charge in [-0.15, -0.1) is 0 Å². The third kappa shape index (κ3) is 4.04. The molecular weight excluding hydrogens is 272 g/mol. The van der Waals surface area contributed by atoms with Crippen LogP contribution in [-0.2, 0) is 19.1 Å².